The van der Waals surface area contributed by atoms with Gasteiger partial charge in [0.05, 0.1) is 11.5 Å². The Labute approximate surface area is 168 Å². The molecule has 0 spiro atoms. The van der Waals surface area contributed by atoms with E-state index < -0.39 is 23.5 Å². The highest BCUT2D eigenvalue weighted by atomic mass is 16.5. The summed E-state index contributed by atoms with van der Waals surface area (Å²) in [5.74, 6) is -0.922. The van der Waals surface area contributed by atoms with Crippen LogP contribution < -0.4 is 11.1 Å². The van der Waals surface area contributed by atoms with Gasteiger partial charge in [-0.2, -0.15) is 0 Å². The number of amides is 3. The SMILES string of the molecule is NC(=O)C1(Cc2ccccc2)CN(C(=O)[C@H]2OCC(=O)N[C@@H]2c2ccccc2)C1. The zero-order chi connectivity index (χ0) is 20.4. The molecule has 2 atom stereocenters. The first-order valence-electron chi connectivity index (χ1n) is 9.57. The fourth-order valence-electron chi connectivity index (χ4n) is 4.05. The van der Waals surface area contributed by atoms with Gasteiger partial charge in [0.1, 0.15) is 6.61 Å². The van der Waals surface area contributed by atoms with Crippen molar-refractivity contribution in [2.45, 2.75) is 18.6 Å². The second kappa shape index (κ2) is 7.67. The Hall–Kier alpha value is -3.19. The average Bonchev–Trinajstić information content (AvgIpc) is 2.71. The van der Waals surface area contributed by atoms with Gasteiger partial charge in [0, 0.05) is 13.1 Å². The molecular weight excluding hydrogens is 370 g/mol. The number of morpholine rings is 1. The lowest BCUT2D eigenvalue weighted by Gasteiger charge is -2.49. The molecule has 2 heterocycles. The van der Waals surface area contributed by atoms with Gasteiger partial charge in [-0.15, -0.1) is 0 Å². The van der Waals surface area contributed by atoms with Crippen molar-refractivity contribution in [3.63, 3.8) is 0 Å². The third-order valence-electron chi connectivity index (χ3n) is 5.62. The lowest BCUT2D eigenvalue weighted by molar-refractivity contribution is -0.167. The summed E-state index contributed by atoms with van der Waals surface area (Å²) in [6.07, 6.45) is -0.352. The predicted molar refractivity (Wildman–Crippen MR) is 105 cm³/mol. The van der Waals surface area contributed by atoms with E-state index in [1.165, 1.54) is 0 Å². The van der Waals surface area contributed by atoms with Crippen LogP contribution in [-0.2, 0) is 25.5 Å². The topological polar surface area (TPSA) is 102 Å². The Bertz CT molecular complexity index is 910. The smallest absolute Gasteiger partial charge is 0.254 e. The molecule has 3 N–H and O–H groups in total. The van der Waals surface area contributed by atoms with E-state index in [9.17, 15) is 14.4 Å². The molecule has 29 heavy (non-hydrogen) atoms. The van der Waals surface area contributed by atoms with Gasteiger partial charge in [0.15, 0.2) is 6.10 Å². The molecule has 4 rings (SSSR count). The van der Waals surface area contributed by atoms with Gasteiger partial charge in [-0.1, -0.05) is 60.7 Å². The maximum Gasteiger partial charge on any atom is 0.254 e. The molecule has 0 bridgehead atoms. The standard InChI is InChI=1S/C22H23N3O4/c23-21(28)22(11-15-7-3-1-4-8-15)13-25(14-22)20(27)19-18(24-17(26)12-29-19)16-9-5-2-6-10-16/h1-10,18-19H,11-14H2,(H2,23,28)(H,24,26)/t18-,19+/m1/s1. The maximum absolute atomic E-state index is 13.1. The van der Waals surface area contributed by atoms with Crippen molar-refractivity contribution in [1.82, 2.24) is 10.2 Å². The number of hydrogen-bond acceptors (Lipinski definition) is 4. The number of likely N-dealkylation sites (tertiary alicyclic amines) is 1. The van der Waals surface area contributed by atoms with E-state index in [0.717, 1.165) is 11.1 Å². The summed E-state index contributed by atoms with van der Waals surface area (Å²) in [5, 5.41) is 2.85. The van der Waals surface area contributed by atoms with Gasteiger partial charge in [-0.05, 0) is 17.5 Å². The number of ether oxygens (including phenoxy) is 1. The van der Waals surface area contributed by atoms with Gasteiger partial charge >= 0.3 is 0 Å². The summed E-state index contributed by atoms with van der Waals surface area (Å²) < 4.78 is 5.60. The molecule has 3 amide bonds. The third-order valence-corrected chi connectivity index (χ3v) is 5.62. The van der Waals surface area contributed by atoms with E-state index in [1.54, 1.807) is 4.90 Å². The molecule has 2 fully saturated rings. The highest BCUT2D eigenvalue weighted by Crippen LogP contribution is 2.36. The number of nitrogens with two attached hydrogens (primary N) is 1. The van der Waals surface area contributed by atoms with Crippen LogP contribution in [0.5, 0.6) is 0 Å². The molecule has 7 heteroatoms. The fourth-order valence-corrected chi connectivity index (χ4v) is 4.05. The third kappa shape index (κ3) is 3.73. The molecule has 2 aromatic carbocycles. The second-order valence-corrected chi connectivity index (χ2v) is 7.69. The van der Waals surface area contributed by atoms with Crippen molar-refractivity contribution in [2.24, 2.45) is 11.1 Å². The highest BCUT2D eigenvalue weighted by Gasteiger charge is 2.52. The van der Waals surface area contributed by atoms with E-state index in [-0.39, 0.29) is 31.5 Å². The molecule has 2 aliphatic heterocycles. The number of hydrogen-bond donors (Lipinski definition) is 2. The van der Waals surface area contributed by atoms with Crippen LogP contribution in [0.3, 0.4) is 0 Å². The van der Waals surface area contributed by atoms with Crippen LogP contribution in [0.25, 0.3) is 0 Å². The molecule has 0 saturated carbocycles. The van der Waals surface area contributed by atoms with Crippen LogP contribution in [0.1, 0.15) is 17.2 Å². The van der Waals surface area contributed by atoms with E-state index >= 15 is 0 Å². The second-order valence-electron chi connectivity index (χ2n) is 7.69. The van der Waals surface area contributed by atoms with Crippen molar-refractivity contribution < 1.29 is 19.1 Å². The van der Waals surface area contributed by atoms with Crippen molar-refractivity contribution in [3.05, 3.63) is 71.8 Å². The number of nitrogens with one attached hydrogen (secondary N) is 1. The minimum atomic E-state index is -0.835. The van der Waals surface area contributed by atoms with Gasteiger partial charge in [-0.25, -0.2) is 0 Å². The molecule has 2 aromatic rings. The molecule has 0 radical (unpaired) electrons. The lowest BCUT2D eigenvalue weighted by Crippen LogP contribution is -2.67. The van der Waals surface area contributed by atoms with Crippen molar-refractivity contribution in [2.75, 3.05) is 19.7 Å². The monoisotopic (exact) mass is 393 g/mol. The van der Waals surface area contributed by atoms with Gasteiger partial charge < -0.3 is 20.7 Å². The molecule has 0 unspecified atom stereocenters. The van der Waals surface area contributed by atoms with E-state index in [4.69, 9.17) is 10.5 Å². The summed E-state index contributed by atoms with van der Waals surface area (Å²) in [4.78, 5) is 38.7. The Kier molecular flexibility index (Phi) is 5.07. The van der Waals surface area contributed by atoms with Gasteiger partial charge in [-0.3, -0.25) is 14.4 Å². The van der Waals surface area contributed by atoms with Crippen LogP contribution in [0.4, 0.5) is 0 Å². The largest absolute Gasteiger partial charge is 0.369 e. The van der Waals surface area contributed by atoms with Gasteiger partial charge in [0.25, 0.3) is 5.91 Å². The first kappa shape index (κ1) is 19.1. The quantitative estimate of drug-likeness (QED) is 0.784. The van der Waals surface area contributed by atoms with Crippen LogP contribution in [-0.4, -0.2) is 48.4 Å². The van der Waals surface area contributed by atoms with E-state index in [2.05, 4.69) is 5.32 Å². The minimum Gasteiger partial charge on any atom is -0.369 e. The average molecular weight is 393 g/mol. The molecule has 0 aromatic heterocycles. The fraction of sp³-hybridized carbons (Fsp3) is 0.318. The number of benzene rings is 2. The van der Waals surface area contributed by atoms with Crippen LogP contribution in [0.15, 0.2) is 60.7 Å². The number of primary amides is 1. The summed E-state index contributed by atoms with van der Waals surface area (Å²) in [7, 11) is 0. The zero-order valence-corrected chi connectivity index (χ0v) is 15.9. The summed E-state index contributed by atoms with van der Waals surface area (Å²) >= 11 is 0. The Morgan fingerprint density at radius 3 is 2.31 bits per heavy atom. The van der Waals surface area contributed by atoms with Crippen molar-refractivity contribution >= 4 is 17.7 Å². The summed E-state index contributed by atoms with van der Waals surface area (Å²) in [6, 6.07) is 18.3. The zero-order valence-electron chi connectivity index (χ0n) is 15.9. The number of rotatable bonds is 5. The molecule has 0 aliphatic carbocycles. The number of nitrogens with zero attached hydrogens (tertiary/aromatic N) is 1. The molecule has 150 valence electrons. The van der Waals surface area contributed by atoms with E-state index in [1.807, 2.05) is 60.7 Å². The predicted octanol–water partition coefficient (Wildman–Crippen LogP) is 0.799. The normalized spacial score (nSPS) is 23.0. The molecule has 2 saturated heterocycles. The lowest BCUT2D eigenvalue weighted by atomic mass is 9.73. The number of carbonyl (C=O) groups is 3. The summed E-state index contributed by atoms with van der Waals surface area (Å²) in [5.41, 5.74) is 6.71. The Morgan fingerprint density at radius 2 is 1.69 bits per heavy atom. The molecule has 7 nitrogen and oxygen atoms in total. The highest BCUT2D eigenvalue weighted by molar-refractivity contribution is 5.90. The van der Waals surface area contributed by atoms with Crippen molar-refractivity contribution in [3.8, 4) is 0 Å². The maximum atomic E-state index is 13.1. The summed E-state index contributed by atoms with van der Waals surface area (Å²) in [6.45, 7) is 0.315. The van der Waals surface area contributed by atoms with Crippen LogP contribution in [0.2, 0.25) is 0 Å². The minimum absolute atomic E-state index is 0.168. The molecular formula is C22H23N3O4. The first-order chi connectivity index (χ1) is 14.0. The Balaban J connectivity index is 1.49. The van der Waals surface area contributed by atoms with Crippen LogP contribution in [0, 0.1) is 5.41 Å². The molecule has 2 aliphatic rings. The van der Waals surface area contributed by atoms with Gasteiger partial charge in [0.2, 0.25) is 11.8 Å². The Morgan fingerprint density at radius 1 is 1.07 bits per heavy atom. The van der Waals surface area contributed by atoms with Crippen LogP contribution >= 0.6 is 0 Å². The van der Waals surface area contributed by atoms with Crippen molar-refractivity contribution in [1.29, 1.82) is 0 Å². The first-order valence-corrected chi connectivity index (χ1v) is 9.57. The van der Waals surface area contributed by atoms with E-state index in [0.29, 0.717) is 6.42 Å². The number of carbonyl (C=O) groups excluding carboxylic acids is 3.